The van der Waals surface area contributed by atoms with Gasteiger partial charge in [-0.1, -0.05) is 30.3 Å². The van der Waals surface area contributed by atoms with Crippen LogP contribution in [0.5, 0.6) is 0 Å². The Morgan fingerprint density at radius 2 is 1.52 bits per heavy atom. The first-order valence-electron chi connectivity index (χ1n) is 9.17. The number of rotatable bonds is 11. The Balaban J connectivity index is 3.19. The molecule has 1 atom stereocenters. The van der Waals surface area contributed by atoms with Gasteiger partial charge < -0.3 is 24.7 Å². The molecule has 0 heterocycles. The molecule has 0 saturated heterocycles. The van der Waals surface area contributed by atoms with Crippen molar-refractivity contribution < 1.29 is 13.3 Å². The van der Waals surface area contributed by atoms with Crippen LogP contribution >= 0.6 is 0 Å². The summed E-state index contributed by atoms with van der Waals surface area (Å²) in [7, 11) is -3.11. The Bertz CT molecular complexity index is 485. The summed E-state index contributed by atoms with van der Waals surface area (Å²) in [4.78, 5) is 0. The SMILES string of the molecule is CC(C)O[Si](OC(C)C)(OC(C)(C)CC(N)CCN)c1ccccc1. The van der Waals surface area contributed by atoms with E-state index in [2.05, 4.69) is 0 Å². The van der Waals surface area contributed by atoms with Crippen LogP contribution in [-0.2, 0) is 13.3 Å². The predicted molar refractivity (Wildman–Crippen MR) is 106 cm³/mol. The van der Waals surface area contributed by atoms with Gasteiger partial charge in [-0.15, -0.1) is 0 Å². The van der Waals surface area contributed by atoms with Crippen LogP contribution in [0, 0.1) is 0 Å². The molecule has 0 saturated carbocycles. The maximum absolute atomic E-state index is 6.62. The average Bonchev–Trinajstić information content (AvgIpc) is 2.45. The van der Waals surface area contributed by atoms with Gasteiger partial charge in [-0.25, -0.2) is 0 Å². The van der Waals surface area contributed by atoms with Crippen LogP contribution in [0.15, 0.2) is 30.3 Å². The minimum atomic E-state index is -3.11. The predicted octanol–water partition coefficient (Wildman–Crippen LogP) is 2.54. The second-order valence-electron chi connectivity index (χ2n) is 7.66. The van der Waals surface area contributed by atoms with Crippen molar-refractivity contribution in [3.63, 3.8) is 0 Å². The lowest BCUT2D eigenvalue weighted by molar-refractivity contribution is -0.0325. The summed E-state index contributed by atoms with van der Waals surface area (Å²) >= 11 is 0. The van der Waals surface area contributed by atoms with Crippen LogP contribution in [0.1, 0.15) is 54.4 Å². The first kappa shape index (κ1) is 22.3. The summed E-state index contributed by atoms with van der Waals surface area (Å²) in [5.41, 5.74) is 11.4. The molecule has 0 radical (unpaired) electrons. The van der Waals surface area contributed by atoms with E-state index >= 15 is 0 Å². The molecule has 0 aliphatic heterocycles. The smallest absolute Gasteiger partial charge is 0.367 e. The third-order valence-corrected chi connectivity index (χ3v) is 7.04. The molecule has 4 N–H and O–H groups in total. The van der Waals surface area contributed by atoms with Crippen molar-refractivity contribution in [2.24, 2.45) is 11.5 Å². The summed E-state index contributed by atoms with van der Waals surface area (Å²) in [5, 5.41) is 0.970. The molecule has 0 amide bonds. The molecule has 0 bridgehead atoms. The van der Waals surface area contributed by atoms with E-state index in [1.54, 1.807) is 0 Å². The van der Waals surface area contributed by atoms with Gasteiger partial charge in [0.05, 0.1) is 5.60 Å². The average molecular weight is 369 g/mol. The minimum absolute atomic E-state index is 0.0134. The molecule has 0 aromatic heterocycles. The maximum atomic E-state index is 6.62. The number of nitrogens with two attached hydrogens (primary N) is 2. The molecule has 0 spiro atoms. The Kier molecular flexibility index (Phi) is 8.74. The van der Waals surface area contributed by atoms with Crippen LogP contribution in [0.3, 0.4) is 0 Å². The minimum Gasteiger partial charge on any atom is -0.367 e. The summed E-state index contributed by atoms with van der Waals surface area (Å²) in [6, 6.07) is 9.98. The molecule has 1 unspecified atom stereocenters. The van der Waals surface area contributed by atoms with Gasteiger partial charge in [-0.2, -0.15) is 0 Å². The summed E-state index contributed by atoms with van der Waals surface area (Å²) in [6.45, 7) is 12.7. The number of hydrogen-bond donors (Lipinski definition) is 2. The van der Waals surface area contributed by atoms with Crippen molar-refractivity contribution in [1.29, 1.82) is 0 Å². The second-order valence-corrected chi connectivity index (χ2v) is 10.0. The normalized spacial score (nSPS) is 14.3. The lowest BCUT2D eigenvalue weighted by Gasteiger charge is -2.40. The molecular formula is C19H36N2O3Si. The topological polar surface area (TPSA) is 79.7 Å². The molecule has 144 valence electrons. The van der Waals surface area contributed by atoms with Gasteiger partial charge in [0.15, 0.2) is 0 Å². The van der Waals surface area contributed by atoms with Gasteiger partial charge in [0.2, 0.25) is 0 Å². The van der Waals surface area contributed by atoms with Crippen LogP contribution in [0.4, 0.5) is 0 Å². The van der Waals surface area contributed by atoms with Crippen molar-refractivity contribution in [2.75, 3.05) is 6.54 Å². The highest BCUT2D eigenvalue weighted by atomic mass is 28.4. The van der Waals surface area contributed by atoms with E-state index in [-0.39, 0.29) is 18.2 Å². The first-order valence-corrected chi connectivity index (χ1v) is 10.9. The third kappa shape index (κ3) is 7.56. The zero-order valence-electron chi connectivity index (χ0n) is 16.6. The van der Waals surface area contributed by atoms with Gasteiger partial charge >= 0.3 is 8.80 Å². The molecule has 25 heavy (non-hydrogen) atoms. The molecule has 5 nitrogen and oxygen atoms in total. The Morgan fingerprint density at radius 3 is 1.96 bits per heavy atom. The monoisotopic (exact) mass is 368 g/mol. The Morgan fingerprint density at radius 1 is 1.00 bits per heavy atom. The second kappa shape index (κ2) is 9.80. The van der Waals surface area contributed by atoms with Gasteiger partial charge in [0.1, 0.15) is 0 Å². The molecule has 1 aromatic rings. The quantitative estimate of drug-likeness (QED) is 0.587. The van der Waals surface area contributed by atoms with E-state index in [0.29, 0.717) is 13.0 Å². The highest BCUT2D eigenvalue weighted by Crippen LogP contribution is 2.26. The fraction of sp³-hybridized carbons (Fsp3) is 0.684. The number of hydrogen-bond acceptors (Lipinski definition) is 5. The third-order valence-electron chi connectivity index (χ3n) is 3.61. The van der Waals surface area contributed by atoms with E-state index in [9.17, 15) is 0 Å². The van der Waals surface area contributed by atoms with Gasteiger partial charge in [-0.3, -0.25) is 0 Å². The van der Waals surface area contributed by atoms with Crippen molar-refractivity contribution in [1.82, 2.24) is 0 Å². The molecule has 0 fully saturated rings. The van der Waals surface area contributed by atoms with E-state index in [4.69, 9.17) is 24.7 Å². The lowest BCUT2D eigenvalue weighted by Crippen LogP contribution is -2.62. The molecule has 0 aliphatic rings. The summed E-state index contributed by atoms with van der Waals surface area (Å²) in [5.74, 6) is 0. The highest BCUT2D eigenvalue weighted by Gasteiger charge is 2.49. The fourth-order valence-corrected chi connectivity index (χ4v) is 6.08. The largest absolute Gasteiger partial charge is 0.538 e. The van der Waals surface area contributed by atoms with E-state index < -0.39 is 14.4 Å². The van der Waals surface area contributed by atoms with Crippen LogP contribution in [0.2, 0.25) is 0 Å². The van der Waals surface area contributed by atoms with Crippen molar-refractivity contribution in [3.05, 3.63) is 30.3 Å². The lowest BCUT2D eigenvalue weighted by atomic mass is 9.98. The molecular weight excluding hydrogens is 332 g/mol. The van der Waals surface area contributed by atoms with Crippen molar-refractivity contribution >= 4 is 14.0 Å². The summed E-state index contributed by atoms with van der Waals surface area (Å²) < 4.78 is 19.3. The van der Waals surface area contributed by atoms with Crippen LogP contribution in [-0.4, -0.2) is 39.2 Å². The molecule has 0 aliphatic carbocycles. The van der Waals surface area contributed by atoms with Gasteiger partial charge in [0, 0.05) is 23.4 Å². The fourth-order valence-electron chi connectivity index (χ4n) is 2.89. The van der Waals surface area contributed by atoms with E-state index in [1.165, 1.54) is 0 Å². The highest BCUT2D eigenvalue weighted by molar-refractivity contribution is 6.75. The first-order chi connectivity index (χ1) is 11.6. The Hall–Kier alpha value is -0.763. The Labute approximate surface area is 154 Å². The summed E-state index contributed by atoms with van der Waals surface area (Å²) in [6.07, 6.45) is 1.43. The standard InChI is InChI=1S/C19H36N2O3Si/c1-15(2)22-25(23-16(3)4,18-10-8-7-9-11-18)24-19(5,6)14-17(21)12-13-20/h7-11,15-17H,12-14,20-21H2,1-6H3. The van der Waals surface area contributed by atoms with Crippen LogP contribution < -0.4 is 16.7 Å². The van der Waals surface area contributed by atoms with E-state index in [1.807, 2.05) is 71.9 Å². The molecule has 6 heteroatoms. The van der Waals surface area contributed by atoms with E-state index in [0.717, 1.165) is 11.6 Å². The van der Waals surface area contributed by atoms with Crippen molar-refractivity contribution in [2.45, 2.75) is 78.2 Å². The van der Waals surface area contributed by atoms with Gasteiger partial charge in [-0.05, 0) is 60.9 Å². The van der Waals surface area contributed by atoms with Gasteiger partial charge in [0.25, 0.3) is 0 Å². The maximum Gasteiger partial charge on any atom is 0.538 e. The number of benzene rings is 1. The zero-order valence-corrected chi connectivity index (χ0v) is 17.6. The zero-order chi connectivity index (χ0) is 19.1. The van der Waals surface area contributed by atoms with Crippen molar-refractivity contribution in [3.8, 4) is 0 Å². The molecule has 1 aromatic carbocycles. The molecule has 1 rings (SSSR count). The van der Waals surface area contributed by atoms with Crippen LogP contribution in [0.25, 0.3) is 0 Å².